The van der Waals surface area contributed by atoms with Gasteiger partial charge in [0.25, 0.3) is 5.91 Å². The van der Waals surface area contributed by atoms with Gasteiger partial charge in [-0.2, -0.15) is 0 Å². The Morgan fingerprint density at radius 3 is 2.60 bits per heavy atom. The molecule has 0 radical (unpaired) electrons. The summed E-state index contributed by atoms with van der Waals surface area (Å²) in [5.74, 6) is -0.937. The van der Waals surface area contributed by atoms with Crippen LogP contribution < -0.4 is 5.32 Å². The monoisotopic (exact) mass is 344 g/mol. The molecule has 6 nitrogen and oxygen atoms in total. The van der Waals surface area contributed by atoms with Crippen molar-refractivity contribution >= 4 is 17.8 Å². The second kappa shape index (κ2) is 6.86. The Kier molecular flexibility index (Phi) is 4.79. The van der Waals surface area contributed by atoms with Gasteiger partial charge in [0.1, 0.15) is 0 Å². The second-order valence-electron chi connectivity index (χ2n) is 7.12. The first kappa shape index (κ1) is 17.5. The summed E-state index contributed by atoms with van der Waals surface area (Å²) in [5, 5.41) is 11.7. The van der Waals surface area contributed by atoms with Gasteiger partial charge >= 0.3 is 5.97 Å². The number of carbonyl (C=O) groups is 3. The number of amides is 2. The van der Waals surface area contributed by atoms with E-state index in [1.54, 1.807) is 13.1 Å². The lowest BCUT2D eigenvalue weighted by Crippen LogP contribution is -2.40. The van der Waals surface area contributed by atoms with Gasteiger partial charge in [-0.3, -0.25) is 14.4 Å². The Morgan fingerprint density at radius 2 is 2.00 bits per heavy atom. The van der Waals surface area contributed by atoms with E-state index in [-0.39, 0.29) is 23.1 Å². The van der Waals surface area contributed by atoms with E-state index in [0.29, 0.717) is 31.5 Å². The molecule has 1 aliphatic heterocycles. The number of likely N-dealkylation sites (tertiary alicyclic amines) is 1. The summed E-state index contributed by atoms with van der Waals surface area (Å²) in [6, 6.07) is 7.32. The maximum Gasteiger partial charge on any atom is 0.307 e. The fourth-order valence-electron chi connectivity index (χ4n) is 3.87. The Balaban J connectivity index is 1.49. The first-order valence-electron chi connectivity index (χ1n) is 8.77. The van der Waals surface area contributed by atoms with Crippen LogP contribution >= 0.6 is 0 Å². The van der Waals surface area contributed by atoms with Crippen LogP contribution in [0, 0.1) is 11.3 Å². The van der Waals surface area contributed by atoms with Gasteiger partial charge in [-0.25, -0.2) is 0 Å². The van der Waals surface area contributed by atoms with E-state index in [1.165, 1.54) is 0 Å². The van der Waals surface area contributed by atoms with Crippen LogP contribution in [0.4, 0.5) is 0 Å². The number of rotatable bonds is 5. The van der Waals surface area contributed by atoms with Crippen LogP contribution in [0.2, 0.25) is 0 Å². The molecule has 0 aromatic heterocycles. The highest BCUT2D eigenvalue weighted by atomic mass is 16.4. The Bertz CT molecular complexity index is 692. The quantitative estimate of drug-likeness (QED) is 0.851. The summed E-state index contributed by atoms with van der Waals surface area (Å²) in [6.07, 6.45) is 3.36. The molecule has 1 aliphatic carbocycles. The number of nitrogens with one attached hydrogen (secondary N) is 1. The highest BCUT2D eigenvalue weighted by molar-refractivity contribution is 5.94. The number of aliphatic carboxylic acids is 1. The zero-order valence-corrected chi connectivity index (χ0v) is 14.5. The largest absolute Gasteiger partial charge is 0.481 e. The molecule has 134 valence electrons. The number of piperidine rings is 1. The highest BCUT2D eigenvalue weighted by Gasteiger charge is 2.59. The standard InChI is InChI=1S/C19H24N2O4/c1-20-17(23)14-4-2-3-13(11-14)5-6-16(22)21-9-7-19(8-10-21)12-15(19)18(24)25/h2-4,11,15H,5-10,12H2,1H3,(H,20,23)(H,24,25). The molecule has 1 heterocycles. The summed E-state index contributed by atoms with van der Waals surface area (Å²) in [7, 11) is 1.59. The smallest absolute Gasteiger partial charge is 0.307 e. The molecule has 25 heavy (non-hydrogen) atoms. The maximum atomic E-state index is 12.4. The lowest BCUT2D eigenvalue weighted by molar-refractivity contribution is -0.139. The number of hydrogen-bond donors (Lipinski definition) is 2. The molecule has 1 saturated heterocycles. The van der Waals surface area contributed by atoms with Crippen LogP contribution in [-0.2, 0) is 16.0 Å². The van der Waals surface area contributed by atoms with Crippen LogP contribution in [0.15, 0.2) is 24.3 Å². The molecule has 3 rings (SSSR count). The molecular weight excluding hydrogens is 320 g/mol. The number of aryl methyl sites for hydroxylation is 1. The molecule has 0 bridgehead atoms. The summed E-state index contributed by atoms with van der Waals surface area (Å²) >= 11 is 0. The molecule has 2 N–H and O–H groups in total. The zero-order chi connectivity index (χ0) is 18.0. The minimum atomic E-state index is -0.698. The van der Waals surface area contributed by atoms with E-state index in [1.807, 2.05) is 23.1 Å². The van der Waals surface area contributed by atoms with Crippen molar-refractivity contribution in [1.82, 2.24) is 10.2 Å². The molecule has 1 unspecified atom stereocenters. The normalized spacial score (nSPS) is 21.0. The van der Waals surface area contributed by atoms with Crippen molar-refractivity contribution in [2.75, 3.05) is 20.1 Å². The molecule has 6 heteroatoms. The molecular formula is C19H24N2O4. The van der Waals surface area contributed by atoms with E-state index in [2.05, 4.69) is 5.32 Å². The fourth-order valence-corrected chi connectivity index (χ4v) is 3.87. The van der Waals surface area contributed by atoms with Crippen molar-refractivity contribution in [3.63, 3.8) is 0 Å². The predicted molar refractivity (Wildman–Crippen MR) is 92.1 cm³/mol. The number of carbonyl (C=O) groups excluding carboxylic acids is 2. The van der Waals surface area contributed by atoms with Gasteiger partial charge < -0.3 is 15.3 Å². The van der Waals surface area contributed by atoms with E-state index in [4.69, 9.17) is 5.11 Å². The number of benzene rings is 1. The average molecular weight is 344 g/mol. The van der Waals surface area contributed by atoms with Crippen LogP contribution in [0.5, 0.6) is 0 Å². The van der Waals surface area contributed by atoms with Crippen molar-refractivity contribution in [2.45, 2.75) is 32.1 Å². The summed E-state index contributed by atoms with van der Waals surface area (Å²) in [4.78, 5) is 37.0. The van der Waals surface area contributed by atoms with Crippen molar-refractivity contribution in [1.29, 1.82) is 0 Å². The number of carboxylic acid groups (broad SMARTS) is 1. The maximum absolute atomic E-state index is 12.4. The van der Waals surface area contributed by atoms with Crippen LogP contribution in [0.1, 0.15) is 41.6 Å². The predicted octanol–water partition coefficient (Wildman–Crippen LogP) is 1.69. The third kappa shape index (κ3) is 3.67. The van der Waals surface area contributed by atoms with Gasteiger partial charge in [-0.1, -0.05) is 12.1 Å². The van der Waals surface area contributed by atoms with Crippen LogP contribution in [-0.4, -0.2) is 47.9 Å². The highest BCUT2D eigenvalue weighted by Crippen LogP contribution is 2.59. The number of nitrogens with zero attached hydrogens (tertiary/aromatic N) is 1. The van der Waals surface area contributed by atoms with Gasteiger partial charge in [0.15, 0.2) is 0 Å². The third-order valence-corrected chi connectivity index (χ3v) is 5.64. The van der Waals surface area contributed by atoms with Gasteiger partial charge in [0.2, 0.25) is 5.91 Å². The molecule has 2 fully saturated rings. The summed E-state index contributed by atoms with van der Waals surface area (Å²) < 4.78 is 0. The van der Waals surface area contributed by atoms with E-state index in [0.717, 1.165) is 24.8 Å². The number of hydrogen-bond acceptors (Lipinski definition) is 3. The van der Waals surface area contributed by atoms with Gasteiger partial charge in [0, 0.05) is 32.1 Å². The Morgan fingerprint density at radius 1 is 1.28 bits per heavy atom. The average Bonchev–Trinajstić information content (AvgIpc) is 3.33. The molecule has 1 spiro atoms. The molecule has 1 saturated carbocycles. The molecule has 2 amide bonds. The lowest BCUT2D eigenvalue weighted by atomic mass is 9.90. The van der Waals surface area contributed by atoms with Gasteiger partial charge in [0.05, 0.1) is 5.92 Å². The Hall–Kier alpha value is -2.37. The first-order chi connectivity index (χ1) is 11.9. The first-order valence-corrected chi connectivity index (χ1v) is 8.77. The van der Waals surface area contributed by atoms with Crippen LogP contribution in [0.25, 0.3) is 0 Å². The summed E-state index contributed by atoms with van der Waals surface area (Å²) in [5.41, 5.74) is 1.52. The van der Waals surface area contributed by atoms with E-state index >= 15 is 0 Å². The number of carboxylic acids is 1. The lowest BCUT2D eigenvalue weighted by Gasteiger charge is -2.32. The Labute approximate surface area is 147 Å². The van der Waals surface area contributed by atoms with Crippen molar-refractivity contribution in [3.8, 4) is 0 Å². The molecule has 1 aromatic carbocycles. The minimum Gasteiger partial charge on any atom is -0.481 e. The zero-order valence-electron chi connectivity index (χ0n) is 14.5. The summed E-state index contributed by atoms with van der Waals surface area (Å²) in [6.45, 7) is 1.31. The van der Waals surface area contributed by atoms with Crippen molar-refractivity contribution in [3.05, 3.63) is 35.4 Å². The second-order valence-corrected chi connectivity index (χ2v) is 7.12. The molecule has 1 atom stereocenters. The topological polar surface area (TPSA) is 86.7 Å². The van der Waals surface area contributed by atoms with Gasteiger partial charge in [-0.15, -0.1) is 0 Å². The fraction of sp³-hybridized carbons (Fsp3) is 0.526. The van der Waals surface area contributed by atoms with Crippen molar-refractivity contribution in [2.24, 2.45) is 11.3 Å². The van der Waals surface area contributed by atoms with Gasteiger partial charge in [-0.05, 0) is 48.8 Å². The SMILES string of the molecule is CNC(=O)c1cccc(CCC(=O)N2CCC3(CC2)CC3C(=O)O)c1. The third-order valence-electron chi connectivity index (χ3n) is 5.64. The van der Waals surface area contributed by atoms with Crippen LogP contribution in [0.3, 0.4) is 0 Å². The minimum absolute atomic E-state index is 0.0511. The molecule has 2 aliphatic rings. The molecule has 1 aromatic rings. The van der Waals surface area contributed by atoms with E-state index < -0.39 is 5.97 Å². The van der Waals surface area contributed by atoms with Crippen molar-refractivity contribution < 1.29 is 19.5 Å². The van der Waals surface area contributed by atoms with E-state index in [9.17, 15) is 14.4 Å².